The van der Waals surface area contributed by atoms with Gasteiger partial charge in [-0.25, -0.2) is 0 Å². The van der Waals surface area contributed by atoms with Gasteiger partial charge in [-0.05, 0) is 19.5 Å². The van der Waals surface area contributed by atoms with Gasteiger partial charge >= 0.3 is 0 Å². The van der Waals surface area contributed by atoms with Crippen molar-refractivity contribution in [3.63, 3.8) is 0 Å². The van der Waals surface area contributed by atoms with E-state index in [0.29, 0.717) is 0 Å². The van der Waals surface area contributed by atoms with Gasteiger partial charge in [0.05, 0.1) is 0 Å². The Bertz CT molecular complexity index is 281. The predicted molar refractivity (Wildman–Crippen MR) is 71.5 cm³/mol. The van der Waals surface area contributed by atoms with E-state index in [1.165, 1.54) is 19.5 Å². The highest BCUT2D eigenvalue weighted by Crippen LogP contribution is 2.03. The van der Waals surface area contributed by atoms with Crippen molar-refractivity contribution in [1.82, 2.24) is 9.80 Å². The minimum absolute atomic E-state index is 1.02. The van der Waals surface area contributed by atoms with Crippen molar-refractivity contribution in [1.29, 1.82) is 0 Å². The van der Waals surface area contributed by atoms with Crippen LogP contribution in [0.3, 0.4) is 0 Å². The summed E-state index contributed by atoms with van der Waals surface area (Å²) in [7, 11) is 0. The minimum atomic E-state index is 1.02. The summed E-state index contributed by atoms with van der Waals surface area (Å²) in [5.41, 5.74) is 0. The van der Waals surface area contributed by atoms with Crippen LogP contribution >= 0.6 is 0 Å². The van der Waals surface area contributed by atoms with Crippen molar-refractivity contribution in [3.05, 3.63) is 0 Å². The molecule has 2 heterocycles. The van der Waals surface area contributed by atoms with Crippen molar-refractivity contribution >= 4 is 0 Å². The summed E-state index contributed by atoms with van der Waals surface area (Å²) < 4.78 is 0. The van der Waals surface area contributed by atoms with E-state index in [2.05, 4.69) is 33.5 Å². The van der Waals surface area contributed by atoms with Gasteiger partial charge in [-0.15, -0.1) is 23.7 Å². The highest BCUT2D eigenvalue weighted by molar-refractivity contribution is 5.02. The van der Waals surface area contributed by atoms with Gasteiger partial charge in [0.25, 0.3) is 0 Å². The average Bonchev–Trinajstić information content (AvgIpc) is 2.42. The molecule has 0 aromatic rings. The van der Waals surface area contributed by atoms with E-state index in [1.54, 1.807) is 0 Å². The molecule has 2 aliphatic rings. The summed E-state index contributed by atoms with van der Waals surface area (Å²) in [6.07, 6.45) is 5.36. The van der Waals surface area contributed by atoms with E-state index in [0.717, 1.165) is 51.9 Å². The molecule has 0 amide bonds. The molecule has 0 N–H and O–H groups in total. The molecular formula is C15H22N2. The molecule has 0 aliphatic carbocycles. The summed E-state index contributed by atoms with van der Waals surface area (Å²) in [5, 5.41) is 0. The zero-order valence-electron chi connectivity index (χ0n) is 10.7. The Labute approximate surface area is 105 Å². The zero-order chi connectivity index (χ0) is 11.8. The van der Waals surface area contributed by atoms with Crippen LogP contribution in [0, 0.1) is 23.7 Å². The van der Waals surface area contributed by atoms with Crippen LogP contribution in [0.15, 0.2) is 0 Å². The maximum Gasteiger partial charge on any atom is 0.0217 e. The number of hydrogen-bond donors (Lipinski definition) is 0. The van der Waals surface area contributed by atoms with E-state index in [1.807, 2.05) is 0 Å². The largest absolute Gasteiger partial charge is 0.301 e. The third kappa shape index (κ3) is 4.82. The minimum Gasteiger partial charge on any atom is -0.301 e. The van der Waals surface area contributed by atoms with Crippen LogP contribution in [0.1, 0.15) is 32.1 Å². The fourth-order valence-electron chi connectivity index (χ4n) is 2.40. The molecule has 0 saturated carbocycles. The monoisotopic (exact) mass is 230 g/mol. The fraction of sp³-hybridized carbons (Fsp3) is 0.733. The Hall–Kier alpha value is -0.960. The Morgan fingerprint density at radius 1 is 0.471 bits per heavy atom. The van der Waals surface area contributed by atoms with Crippen molar-refractivity contribution in [2.24, 2.45) is 0 Å². The van der Waals surface area contributed by atoms with Crippen LogP contribution < -0.4 is 0 Å². The first-order valence-corrected chi connectivity index (χ1v) is 6.81. The van der Waals surface area contributed by atoms with Gasteiger partial charge in [0.1, 0.15) is 0 Å². The molecule has 2 heteroatoms. The number of nitrogens with zero attached hydrogens (tertiary/aromatic N) is 2. The third-order valence-electron chi connectivity index (χ3n) is 3.41. The number of rotatable bonds is 0. The molecule has 2 nitrogen and oxygen atoms in total. The Morgan fingerprint density at radius 2 is 0.824 bits per heavy atom. The van der Waals surface area contributed by atoms with Gasteiger partial charge in [0.2, 0.25) is 0 Å². The Kier molecular flexibility index (Phi) is 5.43. The molecule has 0 unspecified atom stereocenters. The summed E-state index contributed by atoms with van der Waals surface area (Å²) in [6, 6.07) is 0. The van der Waals surface area contributed by atoms with E-state index < -0.39 is 0 Å². The molecule has 0 atom stereocenters. The van der Waals surface area contributed by atoms with Crippen LogP contribution in [0.5, 0.6) is 0 Å². The number of fused-ring (bicyclic) bond motifs is 4. The molecule has 0 saturated heterocycles. The molecule has 2 aliphatic heterocycles. The molecule has 17 heavy (non-hydrogen) atoms. The van der Waals surface area contributed by atoms with Crippen LogP contribution in [-0.4, -0.2) is 49.1 Å². The van der Waals surface area contributed by atoms with Gasteiger partial charge in [-0.2, -0.15) is 0 Å². The first-order chi connectivity index (χ1) is 8.45. The molecule has 0 fully saturated rings. The lowest BCUT2D eigenvalue weighted by molar-refractivity contribution is 0.239. The second-order valence-corrected chi connectivity index (χ2v) is 4.74. The lowest BCUT2D eigenvalue weighted by Gasteiger charge is -2.23. The van der Waals surface area contributed by atoms with Crippen molar-refractivity contribution in [2.45, 2.75) is 32.1 Å². The smallest absolute Gasteiger partial charge is 0.0217 e. The highest BCUT2D eigenvalue weighted by Gasteiger charge is 2.08. The first-order valence-electron chi connectivity index (χ1n) is 6.81. The van der Waals surface area contributed by atoms with Gasteiger partial charge in [-0.1, -0.05) is 0 Å². The normalized spacial score (nSPS) is 30.1. The van der Waals surface area contributed by atoms with E-state index in [4.69, 9.17) is 0 Å². The molecule has 0 aromatic carbocycles. The maximum absolute atomic E-state index is 3.30. The molecule has 92 valence electrons. The first kappa shape index (κ1) is 12.5. The van der Waals surface area contributed by atoms with Crippen molar-refractivity contribution in [2.75, 3.05) is 39.3 Å². The van der Waals surface area contributed by atoms with E-state index in [-0.39, 0.29) is 0 Å². The van der Waals surface area contributed by atoms with Crippen LogP contribution in [0.4, 0.5) is 0 Å². The maximum atomic E-state index is 3.30. The lowest BCUT2D eigenvalue weighted by atomic mass is 10.3. The molecule has 0 radical (unpaired) electrons. The summed E-state index contributed by atoms with van der Waals surface area (Å²) in [6.45, 7) is 6.90. The molecule has 0 aromatic heterocycles. The van der Waals surface area contributed by atoms with E-state index >= 15 is 0 Å². The van der Waals surface area contributed by atoms with E-state index in [9.17, 15) is 0 Å². The van der Waals surface area contributed by atoms with Crippen LogP contribution in [0.25, 0.3) is 0 Å². The van der Waals surface area contributed by atoms with Crippen molar-refractivity contribution < 1.29 is 0 Å². The second kappa shape index (κ2) is 7.38. The SMILES string of the molecule is C1#CCCN2CCC#CCCN(CC1)CCC2. The van der Waals surface area contributed by atoms with Gasteiger partial charge in [0.15, 0.2) is 0 Å². The zero-order valence-corrected chi connectivity index (χ0v) is 10.7. The summed E-state index contributed by atoms with van der Waals surface area (Å²) in [5.74, 6) is 13.2. The van der Waals surface area contributed by atoms with Crippen molar-refractivity contribution in [3.8, 4) is 23.7 Å². The Morgan fingerprint density at radius 3 is 1.18 bits per heavy atom. The lowest BCUT2D eigenvalue weighted by Crippen LogP contribution is -2.31. The predicted octanol–water partition coefficient (Wildman–Crippen LogP) is 1.57. The highest BCUT2D eigenvalue weighted by atomic mass is 15.1. The molecule has 2 bridgehead atoms. The molecule has 2 rings (SSSR count). The fourth-order valence-corrected chi connectivity index (χ4v) is 2.40. The quantitative estimate of drug-likeness (QED) is 0.583. The third-order valence-corrected chi connectivity index (χ3v) is 3.41. The standard InChI is InChI=1S/C15H22N2/c1-2-6-11-17-13-8-4-3-7-12-16(10-5-1)14-9-15-17/h5-15H2. The number of hydrogen-bond acceptors (Lipinski definition) is 2. The van der Waals surface area contributed by atoms with Crippen LogP contribution in [0.2, 0.25) is 0 Å². The van der Waals surface area contributed by atoms with Gasteiger partial charge in [-0.3, -0.25) is 0 Å². The topological polar surface area (TPSA) is 6.48 Å². The van der Waals surface area contributed by atoms with Gasteiger partial charge < -0.3 is 9.80 Å². The average molecular weight is 230 g/mol. The van der Waals surface area contributed by atoms with Gasteiger partial charge in [0, 0.05) is 51.9 Å². The second-order valence-electron chi connectivity index (χ2n) is 4.74. The summed E-state index contributed by atoms with van der Waals surface area (Å²) in [4.78, 5) is 5.05. The summed E-state index contributed by atoms with van der Waals surface area (Å²) >= 11 is 0. The Balaban J connectivity index is 2.02. The van der Waals surface area contributed by atoms with Crippen LogP contribution in [-0.2, 0) is 0 Å². The molecule has 0 spiro atoms. The molecular weight excluding hydrogens is 208 g/mol.